The fourth-order valence-corrected chi connectivity index (χ4v) is 2.60. The zero-order chi connectivity index (χ0) is 17.4. The van der Waals surface area contributed by atoms with Crippen LogP contribution in [0.3, 0.4) is 0 Å². The summed E-state index contributed by atoms with van der Waals surface area (Å²) in [5.74, 6) is 0.208. The van der Waals surface area contributed by atoms with E-state index in [4.69, 9.17) is 9.47 Å². The quantitative estimate of drug-likeness (QED) is 0.620. The second-order valence-corrected chi connectivity index (χ2v) is 5.42. The number of nitrogens with zero attached hydrogens (tertiary/aromatic N) is 2. The van der Waals surface area contributed by atoms with Crippen LogP contribution in [0.2, 0.25) is 0 Å². The Morgan fingerprint density at radius 1 is 1.08 bits per heavy atom. The van der Waals surface area contributed by atoms with Gasteiger partial charge in [-0.15, -0.1) is 10.2 Å². The summed E-state index contributed by atoms with van der Waals surface area (Å²) >= 11 is 0. The summed E-state index contributed by atoms with van der Waals surface area (Å²) in [5, 5.41) is 27.5. The summed E-state index contributed by atoms with van der Waals surface area (Å²) in [5.41, 5.74) is 0.901. The van der Waals surface area contributed by atoms with Crippen molar-refractivity contribution in [2.75, 3.05) is 13.2 Å². The number of phenols is 1. The molecule has 25 heavy (non-hydrogen) atoms. The Morgan fingerprint density at radius 3 is 2.60 bits per heavy atom. The van der Waals surface area contributed by atoms with Crippen LogP contribution in [0.15, 0.2) is 46.6 Å². The summed E-state index contributed by atoms with van der Waals surface area (Å²) in [4.78, 5) is 14.8. The number of aromatic amines is 1. The maximum atomic E-state index is 12.1. The number of hydrogen-bond acceptors (Lipinski definition) is 6. The lowest BCUT2D eigenvalue weighted by Crippen LogP contribution is -2.15. The van der Waals surface area contributed by atoms with Gasteiger partial charge in [-0.3, -0.25) is 4.79 Å². The summed E-state index contributed by atoms with van der Waals surface area (Å²) in [7, 11) is 0. The van der Waals surface area contributed by atoms with Gasteiger partial charge in [-0.2, -0.15) is 0 Å². The molecule has 0 saturated heterocycles. The van der Waals surface area contributed by atoms with E-state index in [9.17, 15) is 15.0 Å². The highest BCUT2D eigenvalue weighted by Crippen LogP contribution is 2.42. The zero-order valence-electron chi connectivity index (χ0n) is 12.9. The summed E-state index contributed by atoms with van der Waals surface area (Å²) < 4.78 is 11.0. The third-order valence-electron chi connectivity index (χ3n) is 3.75. The van der Waals surface area contributed by atoms with Gasteiger partial charge in [-0.05, 0) is 24.3 Å². The van der Waals surface area contributed by atoms with Gasteiger partial charge in [0, 0.05) is 17.0 Å². The maximum Gasteiger partial charge on any atom is 0.295 e. The first kappa shape index (κ1) is 15.0. The maximum absolute atomic E-state index is 12.1. The molecule has 2 heterocycles. The molecule has 0 aliphatic carbocycles. The molecule has 3 N–H and O–H groups in total. The molecule has 0 fully saturated rings. The van der Waals surface area contributed by atoms with Gasteiger partial charge in [-0.1, -0.05) is 6.07 Å². The Kier molecular flexibility index (Phi) is 3.50. The molecule has 4 rings (SSSR count). The fraction of sp³-hybridized carbons (Fsp3) is 0.118. The highest BCUT2D eigenvalue weighted by molar-refractivity contribution is 5.98. The van der Waals surface area contributed by atoms with E-state index >= 15 is 0 Å². The lowest BCUT2D eigenvalue weighted by atomic mass is 10.2. The van der Waals surface area contributed by atoms with E-state index in [0.29, 0.717) is 35.6 Å². The first-order chi connectivity index (χ1) is 12.1. The van der Waals surface area contributed by atoms with Crippen molar-refractivity contribution in [3.05, 3.63) is 42.0 Å². The van der Waals surface area contributed by atoms with Gasteiger partial charge >= 0.3 is 0 Å². The Labute approximate surface area is 141 Å². The predicted molar refractivity (Wildman–Crippen MR) is 87.9 cm³/mol. The molecular weight excluding hydrogens is 326 g/mol. The Bertz CT molecular complexity index is 1010. The molecule has 0 unspecified atom stereocenters. The van der Waals surface area contributed by atoms with E-state index in [1.54, 1.807) is 12.1 Å². The average molecular weight is 339 g/mol. The van der Waals surface area contributed by atoms with Crippen molar-refractivity contribution in [3.63, 3.8) is 0 Å². The number of hydrogen-bond donors (Lipinski definition) is 3. The topological polar surface area (TPSA) is 117 Å². The van der Waals surface area contributed by atoms with Gasteiger partial charge in [-0.25, -0.2) is 0 Å². The van der Waals surface area contributed by atoms with Crippen LogP contribution in [0.1, 0.15) is 10.4 Å². The normalized spacial score (nSPS) is 13.4. The van der Waals surface area contributed by atoms with Gasteiger partial charge in [0.2, 0.25) is 5.88 Å². The molecule has 0 atom stereocenters. The minimum Gasteiger partial charge on any atom is -0.508 e. The molecule has 8 heteroatoms. The molecule has 1 aliphatic heterocycles. The van der Waals surface area contributed by atoms with Crippen LogP contribution < -0.4 is 9.47 Å². The van der Waals surface area contributed by atoms with Crippen molar-refractivity contribution in [1.82, 2.24) is 4.98 Å². The predicted octanol–water partition coefficient (Wildman–Crippen LogP) is 3.27. The van der Waals surface area contributed by atoms with Crippen LogP contribution in [-0.2, 0) is 0 Å². The summed E-state index contributed by atoms with van der Waals surface area (Å²) in [6, 6.07) is 9.15. The molecule has 126 valence electrons. The third-order valence-corrected chi connectivity index (χ3v) is 3.75. The van der Waals surface area contributed by atoms with Gasteiger partial charge in [0.15, 0.2) is 17.2 Å². The molecule has 8 nitrogen and oxygen atoms in total. The standard InChI is InChI=1S/C17H13N3O5/c21-10-3-1-2-9(6-10)16(22)20-19-15-11-7-13-14(25-5-4-24-13)8-12(11)18-17(15)23/h1-3,6-8,18,21,23H,4-5H2. The van der Waals surface area contributed by atoms with Crippen molar-refractivity contribution in [1.29, 1.82) is 0 Å². The van der Waals surface area contributed by atoms with Crippen LogP contribution >= 0.6 is 0 Å². The van der Waals surface area contributed by atoms with Crippen LogP contribution in [0, 0.1) is 0 Å². The molecule has 0 saturated carbocycles. The number of ether oxygens (including phenoxy) is 2. The lowest BCUT2D eigenvalue weighted by molar-refractivity contribution is 0.0994. The van der Waals surface area contributed by atoms with Crippen molar-refractivity contribution >= 4 is 22.5 Å². The van der Waals surface area contributed by atoms with Gasteiger partial charge < -0.3 is 24.7 Å². The number of aromatic nitrogens is 1. The number of aromatic hydroxyl groups is 2. The molecule has 3 aromatic rings. The largest absolute Gasteiger partial charge is 0.508 e. The minimum atomic E-state index is -0.637. The third kappa shape index (κ3) is 2.74. The second-order valence-electron chi connectivity index (χ2n) is 5.42. The monoisotopic (exact) mass is 339 g/mol. The molecule has 0 spiro atoms. The van der Waals surface area contributed by atoms with Crippen LogP contribution in [0.25, 0.3) is 10.9 Å². The van der Waals surface area contributed by atoms with Gasteiger partial charge in [0.05, 0.1) is 5.52 Å². The van der Waals surface area contributed by atoms with Crippen LogP contribution in [0.5, 0.6) is 23.1 Å². The number of amides is 1. The average Bonchev–Trinajstić information content (AvgIpc) is 2.91. The lowest BCUT2D eigenvalue weighted by Gasteiger charge is -2.17. The Morgan fingerprint density at radius 2 is 1.84 bits per heavy atom. The number of phenolic OH excluding ortho intramolecular Hbond substituents is 1. The van der Waals surface area contributed by atoms with E-state index < -0.39 is 5.91 Å². The zero-order valence-corrected chi connectivity index (χ0v) is 12.9. The summed E-state index contributed by atoms with van der Waals surface area (Å²) in [6.45, 7) is 0.887. The highest BCUT2D eigenvalue weighted by atomic mass is 16.6. The highest BCUT2D eigenvalue weighted by Gasteiger charge is 2.18. The Balaban J connectivity index is 1.71. The minimum absolute atomic E-state index is 0.0419. The number of azo groups is 1. The van der Waals surface area contributed by atoms with Crippen molar-refractivity contribution in [2.45, 2.75) is 0 Å². The van der Waals surface area contributed by atoms with Gasteiger partial charge in [0.25, 0.3) is 5.91 Å². The van der Waals surface area contributed by atoms with E-state index in [-0.39, 0.29) is 22.9 Å². The molecule has 1 amide bonds. The summed E-state index contributed by atoms with van der Waals surface area (Å²) in [6.07, 6.45) is 0. The van der Waals surface area contributed by atoms with E-state index in [0.717, 1.165) is 0 Å². The molecular formula is C17H13N3O5. The molecule has 2 aromatic carbocycles. The molecule has 0 bridgehead atoms. The molecule has 1 aliphatic rings. The van der Waals surface area contributed by atoms with E-state index in [2.05, 4.69) is 15.2 Å². The van der Waals surface area contributed by atoms with E-state index in [1.165, 1.54) is 24.3 Å². The van der Waals surface area contributed by atoms with Crippen LogP contribution in [-0.4, -0.2) is 34.3 Å². The fourth-order valence-electron chi connectivity index (χ4n) is 2.60. The number of rotatable bonds is 2. The first-order valence-corrected chi connectivity index (χ1v) is 7.51. The van der Waals surface area contributed by atoms with Gasteiger partial charge in [0.1, 0.15) is 19.0 Å². The number of fused-ring (bicyclic) bond motifs is 2. The number of carbonyl (C=O) groups excluding carboxylic acids is 1. The van der Waals surface area contributed by atoms with Crippen molar-refractivity contribution in [2.24, 2.45) is 10.2 Å². The van der Waals surface area contributed by atoms with Crippen molar-refractivity contribution < 1.29 is 24.5 Å². The molecule has 1 aromatic heterocycles. The number of carbonyl (C=O) groups is 1. The van der Waals surface area contributed by atoms with E-state index in [1.807, 2.05) is 0 Å². The number of nitrogens with one attached hydrogen (secondary N) is 1. The van der Waals surface area contributed by atoms with Crippen molar-refractivity contribution in [3.8, 4) is 23.1 Å². The smallest absolute Gasteiger partial charge is 0.295 e. The second kappa shape index (κ2) is 5.82. The van der Waals surface area contributed by atoms with Crippen LogP contribution in [0.4, 0.5) is 5.69 Å². The first-order valence-electron chi connectivity index (χ1n) is 7.51. The molecule has 0 radical (unpaired) electrons. The number of H-pyrrole nitrogens is 1. The Hall–Kier alpha value is -3.55. The SMILES string of the molecule is O=C(N=Nc1c(O)[nH]c2cc3c(cc12)OCCO3)c1cccc(O)c1. The number of benzene rings is 2.